The molecule has 1 rings (SSSR count). The Morgan fingerprint density at radius 3 is 2.10 bits per heavy atom. The van der Waals surface area contributed by atoms with Gasteiger partial charge in [0.2, 0.25) is 0 Å². The summed E-state index contributed by atoms with van der Waals surface area (Å²) in [5.74, 6) is -1.02. The Bertz CT molecular complexity index is 499. The van der Waals surface area contributed by atoms with Gasteiger partial charge >= 0.3 is 11.9 Å². The molecule has 1 aromatic carbocycles. The lowest BCUT2D eigenvalue weighted by atomic mass is 10.1. The molecule has 0 aliphatic carbocycles. The van der Waals surface area contributed by atoms with Crippen LogP contribution in [-0.2, 0) is 9.47 Å². The average molecular weight is 276 g/mol. The first kappa shape index (κ1) is 16.0. The predicted molar refractivity (Wildman–Crippen MR) is 76.7 cm³/mol. The Labute approximate surface area is 119 Å². The molecule has 0 atom stereocenters. The van der Waals surface area contributed by atoms with Gasteiger partial charge in [-0.05, 0) is 38.5 Å². The van der Waals surface area contributed by atoms with Crippen LogP contribution in [0.1, 0.15) is 47.9 Å². The zero-order chi connectivity index (χ0) is 15.0. The van der Waals surface area contributed by atoms with Gasteiger partial charge in [0.05, 0.1) is 17.7 Å². The van der Waals surface area contributed by atoms with Gasteiger partial charge in [-0.3, -0.25) is 0 Å². The molecule has 4 heteroatoms. The fraction of sp³-hybridized carbons (Fsp3) is 0.375. The molecule has 108 valence electrons. The van der Waals surface area contributed by atoms with Crippen LogP contribution in [0.2, 0.25) is 0 Å². The predicted octanol–water partition coefficient (Wildman–Crippen LogP) is 3.38. The second-order valence-corrected chi connectivity index (χ2v) is 4.56. The van der Waals surface area contributed by atoms with E-state index in [4.69, 9.17) is 9.47 Å². The number of rotatable bonds is 6. The second kappa shape index (κ2) is 8.15. The van der Waals surface area contributed by atoms with Crippen LogP contribution < -0.4 is 0 Å². The molecule has 1 aromatic rings. The van der Waals surface area contributed by atoms with Crippen molar-refractivity contribution in [2.75, 3.05) is 13.2 Å². The summed E-state index contributed by atoms with van der Waals surface area (Å²) in [5.41, 5.74) is 1.53. The molecule has 0 aliphatic heterocycles. The lowest BCUT2D eigenvalue weighted by molar-refractivity contribution is 0.0475. The molecule has 0 N–H and O–H groups in total. The fourth-order valence-electron chi connectivity index (χ4n) is 1.47. The standard InChI is InChI=1S/C16H20O4/c1-4-10-19-15(17)13-7-5-6-8-14(13)16(18)20-11-9-12(2)3/h5-9H,4,10-11H2,1-3H3. The quantitative estimate of drug-likeness (QED) is 0.590. The number of benzene rings is 1. The van der Waals surface area contributed by atoms with Gasteiger partial charge in [0.1, 0.15) is 6.61 Å². The summed E-state index contributed by atoms with van der Waals surface area (Å²) in [6, 6.07) is 6.51. The van der Waals surface area contributed by atoms with E-state index in [2.05, 4.69) is 0 Å². The molecule has 0 unspecified atom stereocenters. The number of allylic oxidation sites excluding steroid dienone is 1. The van der Waals surface area contributed by atoms with Gasteiger partial charge in [-0.15, -0.1) is 0 Å². The van der Waals surface area contributed by atoms with Crippen LogP contribution in [0.3, 0.4) is 0 Å². The van der Waals surface area contributed by atoms with E-state index in [1.54, 1.807) is 30.3 Å². The Morgan fingerprint density at radius 1 is 1.05 bits per heavy atom. The topological polar surface area (TPSA) is 52.6 Å². The molecule has 0 spiro atoms. The van der Waals surface area contributed by atoms with Gasteiger partial charge in [0.15, 0.2) is 0 Å². The smallest absolute Gasteiger partial charge is 0.339 e. The summed E-state index contributed by atoms with van der Waals surface area (Å²) in [6.07, 6.45) is 2.54. The maximum atomic E-state index is 12.0. The van der Waals surface area contributed by atoms with Crippen LogP contribution in [0.4, 0.5) is 0 Å². The molecule has 0 heterocycles. The Hall–Kier alpha value is -2.10. The SMILES string of the molecule is CCCOC(=O)c1ccccc1C(=O)OCC=C(C)C. The monoisotopic (exact) mass is 276 g/mol. The number of hydrogen-bond donors (Lipinski definition) is 0. The van der Waals surface area contributed by atoms with E-state index in [9.17, 15) is 9.59 Å². The Morgan fingerprint density at radius 2 is 1.60 bits per heavy atom. The highest BCUT2D eigenvalue weighted by Crippen LogP contribution is 2.12. The number of esters is 2. The maximum Gasteiger partial charge on any atom is 0.339 e. The summed E-state index contributed by atoms with van der Waals surface area (Å²) >= 11 is 0. The molecule has 0 aromatic heterocycles. The van der Waals surface area contributed by atoms with Gasteiger partial charge in [-0.2, -0.15) is 0 Å². The van der Waals surface area contributed by atoms with Gasteiger partial charge in [0.25, 0.3) is 0 Å². The number of carbonyl (C=O) groups is 2. The lowest BCUT2D eigenvalue weighted by Crippen LogP contribution is -2.14. The molecule has 0 amide bonds. The summed E-state index contributed by atoms with van der Waals surface area (Å²) < 4.78 is 10.2. The summed E-state index contributed by atoms with van der Waals surface area (Å²) in [6.45, 7) is 6.28. The molecule has 0 radical (unpaired) electrons. The summed E-state index contributed by atoms with van der Waals surface area (Å²) in [4.78, 5) is 23.8. The molecular formula is C16H20O4. The van der Waals surface area contributed by atoms with Crippen LogP contribution >= 0.6 is 0 Å². The molecule has 0 aliphatic rings. The van der Waals surface area contributed by atoms with Gasteiger partial charge in [0, 0.05) is 0 Å². The second-order valence-electron chi connectivity index (χ2n) is 4.56. The highest BCUT2D eigenvalue weighted by Gasteiger charge is 2.18. The minimum atomic E-state index is -0.522. The molecule has 0 fully saturated rings. The molecule has 20 heavy (non-hydrogen) atoms. The number of hydrogen-bond acceptors (Lipinski definition) is 4. The van der Waals surface area contributed by atoms with Crippen LogP contribution in [0.5, 0.6) is 0 Å². The van der Waals surface area contributed by atoms with Crippen molar-refractivity contribution in [2.45, 2.75) is 27.2 Å². The largest absolute Gasteiger partial charge is 0.462 e. The summed E-state index contributed by atoms with van der Waals surface area (Å²) in [5, 5.41) is 0. The van der Waals surface area contributed by atoms with Crippen LogP contribution in [0.15, 0.2) is 35.9 Å². The third-order valence-corrected chi connectivity index (χ3v) is 2.51. The van der Waals surface area contributed by atoms with E-state index in [1.165, 1.54) is 0 Å². The van der Waals surface area contributed by atoms with E-state index in [-0.39, 0.29) is 17.7 Å². The maximum absolute atomic E-state index is 12.0. The van der Waals surface area contributed by atoms with E-state index < -0.39 is 11.9 Å². The van der Waals surface area contributed by atoms with Gasteiger partial charge < -0.3 is 9.47 Å². The minimum absolute atomic E-state index is 0.194. The van der Waals surface area contributed by atoms with Gasteiger partial charge in [-0.25, -0.2) is 9.59 Å². The summed E-state index contributed by atoms with van der Waals surface area (Å²) in [7, 11) is 0. The van der Waals surface area contributed by atoms with Crippen molar-refractivity contribution < 1.29 is 19.1 Å². The first-order chi connectivity index (χ1) is 9.56. The van der Waals surface area contributed by atoms with Crippen molar-refractivity contribution in [1.29, 1.82) is 0 Å². The normalized spacial score (nSPS) is 9.75. The van der Waals surface area contributed by atoms with E-state index in [1.807, 2.05) is 20.8 Å². The van der Waals surface area contributed by atoms with Crippen molar-refractivity contribution in [3.05, 3.63) is 47.0 Å². The zero-order valence-electron chi connectivity index (χ0n) is 12.1. The van der Waals surface area contributed by atoms with E-state index in [0.717, 1.165) is 12.0 Å². The minimum Gasteiger partial charge on any atom is -0.462 e. The zero-order valence-corrected chi connectivity index (χ0v) is 12.1. The third kappa shape index (κ3) is 4.88. The lowest BCUT2D eigenvalue weighted by Gasteiger charge is -2.08. The molecule has 0 saturated heterocycles. The van der Waals surface area contributed by atoms with Crippen molar-refractivity contribution in [3.63, 3.8) is 0 Å². The van der Waals surface area contributed by atoms with Crippen LogP contribution in [-0.4, -0.2) is 25.2 Å². The van der Waals surface area contributed by atoms with Crippen LogP contribution in [0.25, 0.3) is 0 Å². The first-order valence-electron chi connectivity index (χ1n) is 6.63. The van der Waals surface area contributed by atoms with Gasteiger partial charge in [-0.1, -0.05) is 24.6 Å². The van der Waals surface area contributed by atoms with Crippen molar-refractivity contribution in [2.24, 2.45) is 0 Å². The van der Waals surface area contributed by atoms with E-state index in [0.29, 0.717) is 6.61 Å². The first-order valence-corrected chi connectivity index (χ1v) is 6.63. The number of carbonyl (C=O) groups excluding carboxylic acids is 2. The highest BCUT2D eigenvalue weighted by molar-refractivity contribution is 6.03. The molecule has 0 saturated carbocycles. The van der Waals surface area contributed by atoms with Crippen molar-refractivity contribution >= 4 is 11.9 Å². The fourth-order valence-corrected chi connectivity index (χ4v) is 1.47. The van der Waals surface area contributed by atoms with Crippen LogP contribution in [0, 0.1) is 0 Å². The average Bonchev–Trinajstić information content (AvgIpc) is 2.44. The third-order valence-electron chi connectivity index (χ3n) is 2.51. The molecule has 4 nitrogen and oxygen atoms in total. The Kier molecular flexibility index (Phi) is 6.50. The van der Waals surface area contributed by atoms with E-state index >= 15 is 0 Å². The number of ether oxygens (including phenoxy) is 2. The van der Waals surface area contributed by atoms with Crippen molar-refractivity contribution in [1.82, 2.24) is 0 Å². The highest BCUT2D eigenvalue weighted by atomic mass is 16.5. The Balaban J connectivity index is 2.81. The molecular weight excluding hydrogens is 256 g/mol. The molecule has 0 bridgehead atoms. The van der Waals surface area contributed by atoms with Crippen molar-refractivity contribution in [3.8, 4) is 0 Å².